The molecule has 2 fully saturated rings. The summed E-state index contributed by atoms with van der Waals surface area (Å²) in [4.78, 5) is 6.84. The number of benzene rings is 1. The molecular weight excluding hydrogens is 262 g/mol. The Labute approximate surface area is 127 Å². The maximum Gasteiger partial charge on any atom is 0.193 e. The lowest BCUT2D eigenvalue weighted by atomic mass is 9.87. The van der Waals surface area contributed by atoms with Crippen molar-refractivity contribution in [2.75, 3.05) is 39.9 Å². The molecule has 0 aliphatic carbocycles. The van der Waals surface area contributed by atoms with Crippen molar-refractivity contribution in [3.05, 3.63) is 35.9 Å². The maximum atomic E-state index is 5.60. The van der Waals surface area contributed by atoms with E-state index in [0.717, 1.165) is 45.2 Å². The Bertz CT molecular complexity index is 480. The minimum Gasteiger partial charge on any atom is -0.381 e. The van der Waals surface area contributed by atoms with E-state index in [1.165, 1.54) is 18.4 Å². The largest absolute Gasteiger partial charge is 0.381 e. The van der Waals surface area contributed by atoms with Crippen LogP contribution < -0.4 is 5.32 Å². The second-order valence-corrected chi connectivity index (χ2v) is 6.18. The molecule has 1 spiro atoms. The number of rotatable bonds is 3. The minimum atomic E-state index is 0.386. The number of aliphatic imine (C=N–C) groups is 1. The monoisotopic (exact) mass is 287 g/mol. The van der Waals surface area contributed by atoms with Crippen molar-refractivity contribution in [1.29, 1.82) is 0 Å². The fraction of sp³-hybridized carbons (Fsp3) is 0.588. The highest BCUT2D eigenvalue weighted by atomic mass is 16.5. The zero-order valence-corrected chi connectivity index (χ0v) is 12.8. The first-order valence-electron chi connectivity index (χ1n) is 7.89. The van der Waals surface area contributed by atoms with Crippen LogP contribution >= 0.6 is 0 Å². The predicted molar refractivity (Wildman–Crippen MR) is 85.6 cm³/mol. The molecule has 2 aliphatic heterocycles. The van der Waals surface area contributed by atoms with E-state index in [9.17, 15) is 0 Å². The van der Waals surface area contributed by atoms with Crippen molar-refractivity contribution in [1.82, 2.24) is 10.2 Å². The van der Waals surface area contributed by atoms with E-state index in [2.05, 4.69) is 45.5 Å². The first-order chi connectivity index (χ1) is 10.3. The second-order valence-electron chi connectivity index (χ2n) is 6.18. The third kappa shape index (κ3) is 3.38. The fourth-order valence-electron chi connectivity index (χ4n) is 3.38. The molecule has 1 unspecified atom stereocenters. The van der Waals surface area contributed by atoms with Crippen molar-refractivity contribution in [3.8, 4) is 0 Å². The van der Waals surface area contributed by atoms with Gasteiger partial charge in [-0.25, -0.2) is 0 Å². The van der Waals surface area contributed by atoms with E-state index in [-0.39, 0.29) is 0 Å². The SMILES string of the molecule is CN=C(NCCc1ccccc1)N1CCC2(CCOC2)C1. The van der Waals surface area contributed by atoms with Gasteiger partial charge in [0.05, 0.1) is 6.61 Å². The molecule has 0 aromatic heterocycles. The normalized spacial score (nSPS) is 25.8. The van der Waals surface area contributed by atoms with E-state index >= 15 is 0 Å². The van der Waals surface area contributed by atoms with Crippen LogP contribution in [-0.2, 0) is 11.2 Å². The molecule has 1 aromatic rings. The summed E-state index contributed by atoms with van der Waals surface area (Å²) >= 11 is 0. The predicted octanol–water partition coefficient (Wildman–Crippen LogP) is 1.92. The molecule has 0 radical (unpaired) electrons. The summed E-state index contributed by atoms with van der Waals surface area (Å²) in [5, 5.41) is 3.50. The summed E-state index contributed by atoms with van der Waals surface area (Å²) in [6.45, 7) is 4.95. The number of nitrogens with zero attached hydrogens (tertiary/aromatic N) is 2. The molecule has 4 nitrogen and oxygen atoms in total. The number of hydrogen-bond acceptors (Lipinski definition) is 2. The van der Waals surface area contributed by atoms with Crippen molar-refractivity contribution >= 4 is 5.96 Å². The second kappa shape index (κ2) is 6.48. The quantitative estimate of drug-likeness (QED) is 0.681. The van der Waals surface area contributed by atoms with Gasteiger partial charge in [0.2, 0.25) is 0 Å². The Kier molecular flexibility index (Phi) is 4.44. The smallest absolute Gasteiger partial charge is 0.193 e. The highest BCUT2D eigenvalue weighted by Crippen LogP contribution is 2.38. The minimum absolute atomic E-state index is 0.386. The van der Waals surface area contributed by atoms with Crippen LogP contribution in [-0.4, -0.2) is 50.8 Å². The number of guanidine groups is 1. The Morgan fingerprint density at radius 1 is 1.33 bits per heavy atom. The number of ether oxygens (including phenoxy) is 1. The molecule has 2 aliphatic rings. The molecule has 2 heterocycles. The third-order valence-corrected chi connectivity index (χ3v) is 4.67. The Balaban J connectivity index is 1.50. The summed E-state index contributed by atoms with van der Waals surface area (Å²) in [5.41, 5.74) is 1.75. The van der Waals surface area contributed by atoms with Gasteiger partial charge in [0.15, 0.2) is 5.96 Å². The van der Waals surface area contributed by atoms with Gasteiger partial charge in [-0.2, -0.15) is 0 Å². The summed E-state index contributed by atoms with van der Waals surface area (Å²) in [7, 11) is 1.88. The standard InChI is InChI=1S/C17H25N3O/c1-18-16(19-10-7-15-5-3-2-4-6-15)20-11-8-17(13-20)9-12-21-14-17/h2-6H,7-14H2,1H3,(H,18,19). The zero-order valence-electron chi connectivity index (χ0n) is 12.8. The van der Waals surface area contributed by atoms with Gasteiger partial charge in [-0.05, 0) is 24.8 Å². The molecule has 4 heteroatoms. The van der Waals surface area contributed by atoms with Gasteiger partial charge < -0.3 is 15.0 Å². The molecule has 1 atom stereocenters. The average Bonchev–Trinajstić information content (AvgIpc) is 3.15. The number of nitrogens with one attached hydrogen (secondary N) is 1. The molecule has 3 rings (SSSR count). The van der Waals surface area contributed by atoms with E-state index in [0.29, 0.717) is 5.41 Å². The van der Waals surface area contributed by atoms with Crippen molar-refractivity contribution in [2.24, 2.45) is 10.4 Å². The first kappa shape index (κ1) is 14.4. The Hall–Kier alpha value is -1.55. The van der Waals surface area contributed by atoms with Gasteiger partial charge >= 0.3 is 0 Å². The van der Waals surface area contributed by atoms with Crippen molar-refractivity contribution in [3.63, 3.8) is 0 Å². The van der Waals surface area contributed by atoms with E-state index in [1.54, 1.807) is 0 Å². The Morgan fingerprint density at radius 2 is 2.19 bits per heavy atom. The lowest BCUT2D eigenvalue weighted by Crippen LogP contribution is -2.42. The maximum absolute atomic E-state index is 5.60. The summed E-state index contributed by atoms with van der Waals surface area (Å²) in [5.74, 6) is 1.04. The molecule has 1 aromatic carbocycles. The lowest BCUT2D eigenvalue weighted by molar-refractivity contribution is 0.156. The van der Waals surface area contributed by atoms with Crippen LogP contribution in [0.15, 0.2) is 35.3 Å². The molecule has 0 amide bonds. The fourth-order valence-corrected chi connectivity index (χ4v) is 3.38. The number of hydrogen-bond donors (Lipinski definition) is 1. The number of likely N-dealkylation sites (tertiary alicyclic amines) is 1. The topological polar surface area (TPSA) is 36.9 Å². The van der Waals surface area contributed by atoms with E-state index in [4.69, 9.17) is 4.74 Å². The van der Waals surface area contributed by atoms with Gasteiger partial charge in [0, 0.05) is 38.7 Å². The molecule has 2 saturated heterocycles. The summed E-state index contributed by atoms with van der Waals surface area (Å²) in [6, 6.07) is 10.6. The van der Waals surface area contributed by atoms with Crippen LogP contribution in [0.4, 0.5) is 0 Å². The van der Waals surface area contributed by atoms with Crippen molar-refractivity contribution in [2.45, 2.75) is 19.3 Å². The van der Waals surface area contributed by atoms with Crippen LogP contribution in [0.3, 0.4) is 0 Å². The van der Waals surface area contributed by atoms with Gasteiger partial charge in [-0.15, -0.1) is 0 Å². The summed E-state index contributed by atoms with van der Waals surface area (Å²) < 4.78 is 5.60. The van der Waals surface area contributed by atoms with Crippen LogP contribution in [0.25, 0.3) is 0 Å². The first-order valence-corrected chi connectivity index (χ1v) is 7.89. The molecule has 21 heavy (non-hydrogen) atoms. The van der Waals surface area contributed by atoms with Crippen LogP contribution in [0.5, 0.6) is 0 Å². The van der Waals surface area contributed by atoms with Gasteiger partial charge in [-0.3, -0.25) is 4.99 Å². The van der Waals surface area contributed by atoms with Crippen LogP contribution in [0, 0.1) is 5.41 Å². The Morgan fingerprint density at radius 3 is 2.90 bits per heavy atom. The van der Waals surface area contributed by atoms with E-state index in [1.807, 2.05) is 7.05 Å². The lowest BCUT2D eigenvalue weighted by Gasteiger charge is -2.25. The van der Waals surface area contributed by atoms with Gasteiger partial charge in [0.1, 0.15) is 0 Å². The zero-order chi connectivity index (χ0) is 14.5. The van der Waals surface area contributed by atoms with Crippen LogP contribution in [0.2, 0.25) is 0 Å². The van der Waals surface area contributed by atoms with Crippen LogP contribution in [0.1, 0.15) is 18.4 Å². The summed E-state index contributed by atoms with van der Waals surface area (Å²) in [6.07, 6.45) is 3.46. The average molecular weight is 287 g/mol. The van der Waals surface area contributed by atoms with Gasteiger partial charge in [0.25, 0.3) is 0 Å². The molecule has 0 saturated carbocycles. The highest BCUT2D eigenvalue weighted by molar-refractivity contribution is 5.80. The molecule has 0 bridgehead atoms. The highest BCUT2D eigenvalue weighted by Gasteiger charge is 2.42. The van der Waals surface area contributed by atoms with Crippen molar-refractivity contribution < 1.29 is 4.74 Å². The molecule has 114 valence electrons. The third-order valence-electron chi connectivity index (χ3n) is 4.67. The molecular formula is C17H25N3O. The molecule has 1 N–H and O–H groups in total. The van der Waals surface area contributed by atoms with E-state index < -0.39 is 0 Å². The van der Waals surface area contributed by atoms with Gasteiger partial charge in [-0.1, -0.05) is 30.3 Å².